The average molecular weight is 383 g/mol. The zero-order chi connectivity index (χ0) is 19.2. The van der Waals surface area contributed by atoms with Crippen molar-refractivity contribution < 1.29 is 9.53 Å². The van der Waals surface area contributed by atoms with Crippen molar-refractivity contribution in [1.29, 1.82) is 0 Å². The Morgan fingerprint density at radius 1 is 1.07 bits per heavy atom. The van der Waals surface area contributed by atoms with E-state index in [1.807, 2.05) is 38.1 Å². The lowest BCUT2D eigenvalue weighted by Gasteiger charge is -2.12. The number of amides is 1. The molecular formula is C20H19ClN4O2. The van der Waals surface area contributed by atoms with Gasteiger partial charge in [-0.1, -0.05) is 29.8 Å². The third kappa shape index (κ3) is 4.54. The Labute approximate surface area is 162 Å². The van der Waals surface area contributed by atoms with Crippen LogP contribution in [0, 0.1) is 6.92 Å². The molecule has 0 fully saturated rings. The van der Waals surface area contributed by atoms with Crippen LogP contribution < -0.4 is 15.4 Å². The van der Waals surface area contributed by atoms with Crippen molar-refractivity contribution in [1.82, 2.24) is 9.97 Å². The largest absolute Gasteiger partial charge is 0.492 e. The predicted octanol–water partition coefficient (Wildman–Crippen LogP) is 4.83. The Kier molecular flexibility index (Phi) is 5.88. The summed E-state index contributed by atoms with van der Waals surface area (Å²) in [6.45, 7) is 4.32. The minimum absolute atomic E-state index is 0.206. The van der Waals surface area contributed by atoms with E-state index in [2.05, 4.69) is 20.6 Å². The van der Waals surface area contributed by atoms with Crippen molar-refractivity contribution in [2.45, 2.75) is 13.8 Å². The first-order chi connectivity index (χ1) is 13.1. The van der Waals surface area contributed by atoms with E-state index in [0.29, 0.717) is 23.1 Å². The fourth-order valence-electron chi connectivity index (χ4n) is 2.43. The maximum atomic E-state index is 12.4. The van der Waals surface area contributed by atoms with Gasteiger partial charge in [0.1, 0.15) is 17.3 Å². The maximum absolute atomic E-state index is 12.4. The summed E-state index contributed by atoms with van der Waals surface area (Å²) in [6.07, 6.45) is 2.92. The highest BCUT2D eigenvalue weighted by Crippen LogP contribution is 2.26. The van der Waals surface area contributed by atoms with Crippen molar-refractivity contribution in [2.75, 3.05) is 17.2 Å². The number of ether oxygens (including phenoxy) is 1. The van der Waals surface area contributed by atoms with Gasteiger partial charge in [-0.15, -0.1) is 0 Å². The Morgan fingerprint density at radius 3 is 2.59 bits per heavy atom. The highest BCUT2D eigenvalue weighted by Gasteiger charge is 2.11. The van der Waals surface area contributed by atoms with Crippen LogP contribution in [0.25, 0.3) is 0 Å². The van der Waals surface area contributed by atoms with Gasteiger partial charge in [-0.2, -0.15) is 0 Å². The summed E-state index contributed by atoms with van der Waals surface area (Å²) in [4.78, 5) is 20.8. The first-order valence-corrected chi connectivity index (χ1v) is 8.83. The van der Waals surface area contributed by atoms with E-state index >= 15 is 0 Å². The maximum Gasteiger partial charge on any atom is 0.275 e. The molecule has 0 aliphatic carbocycles. The van der Waals surface area contributed by atoms with E-state index in [0.717, 1.165) is 17.0 Å². The van der Waals surface area contributed by atoms with Crippen LogP contribution in [0.5, 0.6) is 5.75 Å². The molecule has 0 spiro atoms. The molecule has 0 aliphatic rings. The molecule has 0 unspecified atom stereocenters. The summed E-state index contributed by atoms with van der Waals surface area (Å²) in [5.41, 5.74) is 2.42. The standard InChI is InChI=1S/C20H19ClN4O2/c1-3-27-18-10-5-4-8-16(18)24-19-12-22-17(11-23-19)20(26)25-15-9-6-7-14(21)13(15)2/h4-12H,3H2,1-2H3,(H,23,24)(H,25,26). The van der Waals surface area contributed by atoms with Gasteiger partial charge in [0.2, 0.25) is 0 Å². The first-order valence-electron chi connectivity index (χ1n) is 8.46. The van der Waals surface area contributed by atoms with Crippen molar-refractivity contribution in [3.05, 3.63) is 71.1 Å². The van der Waals surface area contributed by atoms with Gasteiger partial charge in [-0.25, -0.2) is 9.97 Å². The van der Waals surface area contributed by atoms with E-state index in [9.17, 15) is 4.79 Å². The second kappa shape index (κ2) is 8.51. The quantitative estimate of drug-likeness (QED) is 0.638. The normalized spacial score (nSPS) is 10.3. The van der Waals surface area contributed by atoms with E-state index in [4.69, 9.17) is 16.3 Å². The summed E-state index contributed by atoms with van der Waals surface area (Å²) in [6, 6.07) is 12.9. The minimum Gasteiger partial charge on any atom is -0.492 e. The smallest absolute Gasteiger partial charge is 0.275 e. The van der Waals surface area contributed by atoms with E-state index in [-0.39, 0.29) is 11.6 Å². The van der Waals surface area contributed by atoms with Crippen molar-refractivity contribution >= 4 is 34.7 Å². The number of aromatic nitrogens is 2. The molecule has 7 heteroatoms. The first kappa shape index (κ1) is 18.7. The summed E-state index contributed by atoms with van der Waals surface area (Å²) in [5.74, 6) is 0.881. The highest BCUT2D eigenvalue weighted by atomic mass is 35.5. The summed E-state index contributed by atoms with van der Waals surface area (Å²) in [7, 11) is 0. The van der Waals surface area contributed by atoms with Gasteiger partial charge in [0, 0.05) is 10.7 Å². The van der Waals surface area contributed by atoms with Crippen LogP contribution in [0.2, 0.25) is 5.02 Å². The average Bonchev–Trinajstić information content (AvgIpc) is 2.68. The number of carbonyl (C=O) groups is 1. The number of benzene rings is 2. The van der Waals surface area contributed by atoms with Gasteiger partial charge < -0.3 is 15.4 Å². The molecule has 0 saturated carbocycles. The van der Waals surface area contributed by atoms with Gasteiger partial charge >= 0.3 is 0 Å². The second-order valence-electron chi connectivity index (χ2n) is 5.71. The van der Waals surface area contributed by atoms with Gasteiger partial charge in [0.15, 0.2) is 0 Å². The molecule has 2 aromatic carbocycles. The molecule has 3 rings (SSSR count). The van der Waals surface area contributed by atoms with Crippen molar-refractivity contribution in [3.8, 4) is 5.75 Å². The molecule has 1 heterocycles. The highest BCUT2D eigenvalue weighted by molar-refractivity contribution is 6.31. The number of carbonyl (C=O) groups excluding carboxylic acids is 1. The van der Waals surface area contributed by atoms with Gasteiger partial charge in [-0.3, -0.25) is 4.79 Å². The lowest BCUT2D eigenvalue weighted by Crippen LogP contribution is -2.15. The van der Waals surface area contributed by atoms with Crippen LogP contribution in [0.3, 0.4) is 0 Å². The summed E-state index contributed by atoms with van der Waals surface area (Å²) < 4.78 is 5.57. The number of para-hydroxylation sites is 2. The third-order valence-corrected chi connectivity index (χ3v) is 4.26. The molecule has 6 nitrogen and oxygen atoms in total. The Balaban J connectivity index is 1.72. The Hall–Kier alpha value is -3.12. The zero-order valence-corrected chi connectivity index (χ0v) is 15.7. The molecular weight excluding hydrogens is 364 g/mol. The van der Waals surface area contributed by atoms with Gasteiger partial charge in [-0.05, 0) is 43.7 Å². The van der Waals surface area contributed by atoms with Crippen LogP contribution in [-0.2, 0) is 0 Å². The fraction of sp³-hybridized carbons (Fsp3) is 0.150. The molecule has 1 amide bonds. The number of rotatable bonds is 6. The predicted molar refractivity (Wildman–Crippen MR) is 107 cm³/mol. The molecule has 0 bridgehead atoms. The Morgan fingerprint density at radius 2 is 1.85 bits per heavy atom. The van der Waals surface area contributed by atoms with Crippen LogP contribution in [-0.4, -0.2) is 22.5 Å². The fourth-order valence-corrected chi connectivity index (χ4v) is 2.60. The number of nitrogens with zero attached hydrogens (tertiary/aromatic N) is 2. The number of anilines is 3. The lowest BCUT2D eigenvalue weighted by atomic mass is 10.2. The van der Waals surface area contributed by atoms with Crippen molar-refractivity contribution in [2.24, 2.45) is 0 Å². The van der Waals surface area contributed by atoms with Crippen LogP contribution >= 0.6 is 11.6 Å². The molecule has 2 N–H and O–H groups in total. The van der Waals surface area contributed by atoms with E-state index in [1.54, 1.807) is 18.2 Å². The SMILES string of the molecule is CCOc1ccccc1Nc1cnc(C(=O)Nc2cccc(Cl)c2C)cn1. The molecule has 1 aromatic heterocycles. The van der Waals surface area contributed by atoms with Crippen LogP contribution in [0.15, 0.2) is 54.9 Å². The molecule has 138 valence electrons. The topological polar surface area (TPSA) is 76.1 Å². The summed E-state index contributed by atoms with van der Waals surface area (Å²) >= 11 is 6.08. The third-order valence-electron chi connectivity index (χ3n) is 3.85. The van der Waals surface area contributed by atoms with Crippen LogP contribution in [0.1, 0.15) is 23.0 Å². The number of hydrogen-bond acceptors (Lipinski definition) is 5. The molecule has 27 heavy (non-hydrogen) atoms. The molecule has 0 aliphatic heterocycles. The number of halogens is 1. The molecule has 0 saturated heterocycles. The number of nitrogens with one attached hydrogen (secondary N) is 2. The van der Waals surface area contributed by atoms with Gasteiger partial charge in [0.25, 0.3) is 5.91 Å². The van der Waals surface area contributed by atoms with E-state index < -0.39 is 0 Å². The van der Waals surface area contributed by atoms with Crippen LogP contribution in [0.4, 0.5) is 17.2 Å². The monoisotopic (exact) mass is 382 g/mol. The molecule has 0 radical (unpaired) electrons. The van der Waals surface area contributed by atoms with Crippen molar-refractivity contribution in [3.63, 3.8) is 0 Å². The van der Waals surface area contributed by atoms with Gasteiger partial charge in [0.05, 0.1) is 24.7 Å². The minimum atomic E-state index is -0.353. The lowest BCUT2D eigenvalue weighted by molar-refractivity contribution is 0.102. The number of hydrogen-bond donors (Lipinski definition) is 2. The zero-order valence-electron chi connectivity index (χ0n) is 15.0. The summed E-state index contributed by atoms with van der Waals surface area (Å²) in [5, 5.41) is 6.53. The Bertz CT molecular complexity index is 945. The molecule has 3 aromatic rings. The van der Waals surface area contributed by atoms with E-state index in [1.165, 1.54) is 12.4 Å². The molecule has 0 atom stereocenters. The second-order valence-corrected chi connectivity index (χ2v) is 6.11.